The summed E-state index contributed by atoms with van der Waals surface area (Å²) in [6.07, 6.45) is 1.68. The summed E-state index contributed by atoms with van der Waals surface area (Å²) < 4.78 is 5.04. The molecular formula is C12H20N4O. The van der Waals surface area contributed by atoms with Gasteiger partial charge in [0.15, 0.2) is 5.96 Å². The molecule has 2 N–H and O–H groups in total. The molecule has 5 nitrogen and oxygen atoms in total. The maximum atomic E-state index is 5.87. The fourth-order valence-corrected chi connectivity index (χ4v) is 1.43. The molecule has 0 saturated carbocycles. The van der Waals surface area contributed by atoms with Crippen LogP contribution in [0.4, 0.5) is 0 Å². The molecule has 0 spiro atoms. The van der Waals surface area contributed by atoms with E-state index >= 15 is 0 Å². The topological polar surface area (TPSA) is 63.7 Å². The van der Waals surface area contributed by atoms with E-state index in [9.17, 15) is 0 Å². The van der Waals surface area contributed by atoms with E-state index in [1.807, 2.05) is 17.0 Å². The van der Waals surface area contributed by atoms with Crippen LogP contribution in [0.15, 0.2) is 23.3 Å². The Bertz CT molecular complexity index is 357. The number of hydrogen-bond acceptors (Lipinski definition) is 3. The molecule has 1 rings (SSSR count). The van der Waals surface area contributed by atoms with Crippen molar-refractivity contribution in [2.45, 2.75) is 20.4 Å². The molecule has 0 bridgehead atoms. The first-order valence-electron chi connectivity index (χ1n) is 5.75. The summed E-state index contributed by atoms with van der Waals surface area (Å²) in [6, 6.07) is 3.75. The molecule has 0 aliphatic rings. The van der Waals surface area contributed by atoms with Gasteiger partial charge in [0.25, 0.3) is 0 Å². The second-order valence-corrected chi connectivity index (χ2v) is 3.54. The molecule has 1 aromatic rings. The average Bonchev–Trinajstić information content (AvgIpc) is 2.38. The zero-order valence-electron chi connectivity index (χ0n) is 10.7. The lowest BCUT2D eigenvalue weighted by molar-refractivity contribution is 0.412. The van der Waals surface area contributed by atoms with Gasteiger partial charge in [-0.1, -0.05) is 0 Å². The van der Waals surface area contributed by atoms with Crippen molar-refractivity contribution in [1.82, 2.24) is 9.88 Å². The predicted octanol–water partition coefficient (Wildman–Crippen LogP) is 1.25. The van der Waals surface area contributed by atoms with Crippen LogP contribution >= 0.6 is 0 Å². The Balaban J connectivity index is 2.61. The number of nitrogens with zero attached hydrogens (tertiary/aromatic N) is 3. The maximum absolute atomic E-state index is 5.87. The molecule has 94 valence electrons. The Morgan fingerprint density at radius 1 is 1.41 bits per heavy atom. The normalized spacial score (nSPS) is 11.4. The third-order valence-corrected chi connectivity index (χ3v) is 2.52. The van der Waals surface area contributed by atoms with Gasteiger partial charge in [-0.05, 0) is 26.0 Å². The van der Waals surface area contributed by atoms with E-state index in [-0.39, 0.29) is 0 Å². The summed E-state index contributed by atoms with van der Waals surface area (Å²) in [5, 5.41) is 0. The van der Waals surface area contributed by atoms with Crippen LogP contribution in [0.5, 0.6) is 5.75 Å². The van der Waals surface area contributed by atoms with Gasteiger partial charge in [0.1, 0.15) is 5.75 Å². The molecule has 17 heavy (non-hydrogen) atoms. The summed E-state index contributed by atoms with van der Waals surface area (Å²) in [6.45, 7) is 6.32. The van der Waals surface area contributed by atoms with Gasteiger partial charge in [-0.15, -0.1) is 0 Å². The summed E-state index contributed by atoms with van der Waals surface area (Å²) in [7, 11) is 1.62. The molecule has 0 fully saturated rings. The molecule has 0 aliphatic carbocycles. The van der Waals surface area contributed by atoms with Crippen LogP contribution in [0.25, 0.3) is 0 Å². The highest BCUT2D eigenvalue weighted by molar-refractivity contribution is 5.77. The van der Waals surface area contributed by atoms with Crippen molar-refractivity contribution in [1.29, 1.82) is 0 Å². The van der Waals surface area contributed by atoms with Gasteiger partial charge in [0.2, 0.25) is 0 Å². The molecule has 0 aliphatic heterocycles. The number of pyridine rings is 1. The molecule has 0 saturated heterocycles. The molecule has 1 heterocycles. The Morgan fingerprint density at radius 2 is 2.12 bits per heavy atom. The SMILES string of the molecule is CCN(CC)C(N)=NCc1ccc(OC)cn1. The summed E-state index contributed by atoms with van der Waals surface area (Å²) in [4.78, 5) is 10.5. The highest BCUT2D eigenvalue weighted by atomic mass is 16.5. The van der Waals surface area contributed by atoms with Crippen LogP contribution in [0.3, 0.4) is 0 Å². The monoisotopic (exact) mass is 236 g/mol. The maximum Gasteiger partial charge on any atom is 0.191 e. The van der Waals surface area contributed by atoms with Crippen molar-refractivity contribution in [2.75, 3.05) is 20.2 Å². The fraction of sp³-hybridized carbons (Fsp3) is 0.500. The van der Waals surface area contributed by atoms with E-state index in [4.69, 9.17) is 10.5 Å². The van der Waals surface area contributed by atoms with Crippen molar-refractivity contribution in [2.24, 2.45) is 10.7 Å². The smallest absolute Gasteiger partial charge is 0.191 e. The molecule has 5 heteroatoms. The minimum atomic E-state index is 0.492. The molecular weight excluding hydrogens is 216 g/mol. The van der Waals surface area contributed by atoms with E-state index in [2.05, 4.69) is 23.8 Å². The Morgan fingerprint density at radius 3 is 2.59 bits per heavy atom. The van der Waals surface area contributed by atoms with Crippen LogP contribution < -0.4 is 10.5 Å². The number of aromatic nitrogens is 1. The number of guanidine groups is 1. The zero-order chi connectivity index (χ0) is 12.7. The van der Waals surface area contributed by atoms with E-state index < -0.39 is 0 Å². The summed E-state index contributed by atoms with van der Waals surface area (Å²) in [5.41, 5.74) is 6.74. The van der Waals surface area contributed by atoms with Crippen molar-refractivity contribution < 1.29 is 4.74 Å². The third-order valence-electron chi connectivity index (χ3n) is 2.52. The minimum absolute atomic E-state index is 0.492. The summed E-state index contributed by atoms with van der Waals surface area (Å²) in [5.74, 6) is 1.31. The number of methoxy groups -OCH3 is 1. The van der Waals surface area contributed by atoms with E-state index in [1.165, 1.54) is 0 Å². The van der Waals surface area contributed by atoms with Crippen molar-refractivity contribution in [3.8, 4) is 5.75 Å². The Labute approximate surface area is 102 Å². The van der Waals surface area contributed by atoms with Crippen molar-refractivity contribution in [3.63, 3.8) is 0 Å². The van der Waals surface area contributed by atoms with Gasteiger partial charge in [0.05, 0.1) is 25.5 Å². The number of ether oxygens (including phenoxy) is 1. The van der Waals surface area contributed by atoms with Crippen LogP contribution in [-0.2, 0) is 6.54 Å². The van der Waals surface area contributed by atoms with Gasteiger partial charge in [-0.25, -0.2) is 4.99 Å². The lowest BCUT2D eigenvalue weighted by atomic mass is 10.3. The summed E-state index contributed by atoms with van der Waals surface area (Å²) >= 11 is 0. The third kappa shape index (κ3) is 3.94. The number of hydrogen-bond donors (Lipinski definition) is 1. The van der Waals surface area contributed by atoms with Gasteiger partial charge in [-0.3, -0.25) is 4.98 Å². The number of nitrogens with two attached hydrogens (primary N) is 1. The van der Waals surface area contributed by atoms with Crippen molar-refractivity contribution in [3.05, 3.63) is 24.0 Å². The first-order valence-corrected chi connectivity index (χ1v) is 5.75. The van der Waals surface area contributed by atoms with Gasteiger partial charge in [0, 0.05) is 13.1 Å². The molecule has 0 atom stereocenters. The highest BCUT2D eigenvalue weighted by Gasteiger charge is 2.02. The molecule has 0 radical (unpaired) electrons. The largest absolute Gasteiger partial charge is 0.495 e. The van der Waals surface area contributed by atoms with Crippen molar-refractivity contribution >= 4 is 5.96 Å². The highest BCUT2D eigenvalue weighted by Crippen LogP contribution is 2.08. The molecule has 0 unspecified atom stereocenters. The van der Waals surface area contributed by atoms with Crippen LogP contribution in [-0.4, -0.2) is 36.0 Å². The van der Waals surface area contributed by atoms with Crippen LogP contribution in [0.2, 0.25) is 0 Å². The quantitative estimate of drug-likeness (QED) is 0.617. The van der Waals surface area contributed by atoms with E-state index in [0.29, 0.717) is 12.5 Å². The average molecular weight is 236 g/mol. The van der Waals surface area contributed by atoms with E-state index in [0.717, 1.165) is 24.5 Å². The minimum Gasteiger partial charge on any atom is -0.495 e. The number of rotatable bonds is 5. The molecule has 0 aromatic carbocycles. The standard InChI is InChI=1S/C12H20N4O/c1-4-16(5-2)12(13)15-8-10-6-7-11(17-3)9-14-10/h6-7,9H,4-5,8H2,1-3H3,(H2,13,15). The Kier molecular flexibility index (Phi) is 5.26. The van der Waals surface area contributed by atoms with Gasteiger partial charge >= 0.3 is 0 Å². The lowest BCUT2D eigenvalue weighted by Crippen LogP contribution is -2.37. The Hall–Kier alpha value is -1.78. The van der Waals surface area contributed by atoms with Crippen LogP contribution in [0.1, 0.15) is 19.5 Å². The molecule has 0 amide bonds. The second kappa shape index (κ2) is 6.73. The fourth-order valence-electron chi connectivity index (χ4n) is 1.43. The zero-order valence-corrected chi connectivity index (χ0v) is 10.7. The van der Waals surface area contributed by atoms with Gasteiger partial charge in [-0.2, -0.15) is 0 Å². The first-order chi connectivity index (χ1) is 8.21. The number of aliphatic imine (C=N–C) groups is 1. The lowest BCUT2D eigenvalue weighted by Gasteiger charge is -2.19. The van der Waals surface area contributed by atoms with E-state index in [1.54, 1.807) is 13.3 Å². The predicted molar refractivity (Wildman–Crippen MR) is 69.0 cm³/mol. The molecule has 1 aromatic heterocycles. The van der Waals surface area contributed by atoms with Crippen LogP contribution in [0, 0.1) is 0 Å². The first kappa shape index (κ1) is 13.3. The second-order valence-electron chi connectivity index (χ2n) is 3.54. The van der Waals surface area contributed by atoms with Gasteiger partial charge < -0.3 is 15.4 Å².